The SMILES string of the molecule is CC(=O)NCC1CN(c2ccc(-c3ccc(N4C=NN(CC(=O)O)CC4)nc3)c(F)c2)C(=O)O1. The van der Waals surface area contributed by atoms with Gasteiger partial charge < -0.3 is 20.1 Å². The Labute approximate surface area is 194 Å². The molecule has 0 aliphatic carbocycles. The third-order valence-corrected chi connectivity index (χ3v) is 5.34. The fraction of sp³-hybridized carbons (Fsp3) is 0.318. The van der Waals surface area contributed by atoms with Gasteiger partial charge in [0.05, 0.1) is 25.3 Å². The summed E-state index contributed by atoms with van der Waals surface area (Å²) in [5, 5.41) is 17.0. The van der Waals surface area contributed by atoms with Crippen LogP contribution >= 0.6 is 0 Å². The summed E-state index contributed by atoms with van der Waals surface area (Å²) in [4.78, 5) is 41.5. The van der Waals surface area contributed by atoms with Gasteiger partial charge in [0.15, 0.2) is 0 Å². The lowest BCUT2D eigenvalue weighted by atomic mass is 10.1. The zero-order chi connectivity index (χ0) is 24.2. The van der Waals surface area contributed by atoms with E-state index in [9.17, 15) is 18.8 Å². The minimum atomic E-state index is -0.951. The molecule has 34 heavy (non-hydrogen) atoms. The third-order valence-electron chi connectivity index (χ3n) is 5.34. The number of anilines is 2. The normalized spacial score (nSPS) is 17.6. The van der Waals surface area contributed by atoms with Crippen molar-refractivity contribution < 1.29 is 28.6 Å². The third kappa shape index (κ3) is 5.22. The van der Waals surface area contributed by atoms with Gasteiger partial charge in [-0.15, -0.1) is 0 Å². The molecule has 12 heteroatoms. The summed E-state index contributed by atoms with van der Waals surface area (Å²) in [5.41, 5.74) is 1.24. The number of ether oxygens (including phenoxy) is 1. The van der Waals surface area contributed by atoms with Crippen LogP contribution in [0.2, 0.25) is 0 Å². The Morgan fingerprint density at radius 3 is 2.71 bits per heavy atom. The fourth-order valence-electron chi connectivity index (χ4n) is 3.64. The summed E-state index contributed by atoms with van der Waals surface area (Å²) in [5.74, 6) is -1.09. The highest BCUT2D eigenvalue weighted by molar-refractivity contribution is 5.90. The number of rotatable bonds is 7. The van der Waals surface area contributed by atoms with Crippen molar-refractivity contribution in [2.75, 3.05) is 42.5 Å². The summed E-state index contributed by atoms with van der Waals surface area (Å²) in [6.45, 7) is 2.55. The van der Waals surface area contributed by atoms with E-state index in [1.165, 1.54) is 29.2 Å². The number of nitrogens with one attached hydrogen (secondary N) is 1. The van der Waals surface area contributed by atoms with Crippen LogP contribution in [-0.2, 0) is 14.3 Å². The molecule has 0 radical (unpaired) electrons. The van der Waals surface area contributed by atoms with Crippen molar-refractivity contribution in [1.82, 2.24) is 15.3 Å². The smallest absolute Gasteiger partial charge is 0.414 e. The van der Waals surface area contributed by atoms with Crippen molar-refractivity contribution in [1.29, 1.82) is 0 Å². The maximum Gasteiger partial charge on any atom is 0.414 e. The van der Waals surface area contributed by atoms with Crippen molar-refractivity contribution in [3.8, 4) is 11.1 Å². The Kier molecular flexibility index (Phi) is 6.57. The van der Waals surface area contributed by atoms with Gasteiger partial charge in [0.25, 0.3) is 0 Å². The maximum atomic E-state index is 14.9. The monoisotopic (exact) mass is 470 g/mol. The number of nitrogens with zero attached hydrogens (tertiary/aromatic N) is 5. The van der Waals surface area contributed by atoms with Crippen LogP contribution < -0.4 is 15.1 Å². The Bertz CT molecular complexity index is 1130. The lowest BCUT2D eigenvalue weighted by Gasteiger charge is -2.28. The second kappa shape index (κ2) is 9.73. The number of cyclic esters (lactones) is 1. The number of pyridine rings is 1. The van der Waals surface area contributed by atoms with Crippen molar-refractivity contribution in [3.05, 3.63) is 42.3 Å². The Morgan fingerprint density at radius 2 is 2.09 bits per heavy atom. The van der Waals surface area contributed by atoms with Gasteiger partial charge in [0.1, 0.15) is 30.6 Å². The quantitative estimate of drug-likeness (QED) is 0.623. The number of carbonyl (C=O) groups is 3. The van der Waals surface area contributed by atoms with Gasteiger partial charge in [0, 0.05) is 30.8 Å². The van der Waals surface area contributed by atoms with Crippen molar-refractivity contribution in [2.45, 2.75) is 13.0 Å². The second-order valence-electron chi connectivity index (χ2n) is 7.83. The summed E-state index contributed by atoms with van der Waals surface area (Å²) in [6.07, 6.45) is 1.94. The van der Waals surface area contributed by atoms with E-state index in [4.69, 9.17) is 9.84 Å². The van der Waals surface area contributed by atoms with Gasteiger partial charge in [-0.1, -0.05) is 0 Å². The summed E-state index contributed by atoms with van der Waals surface area (Å²) in [6, 6.07) is 7.92. The number of amides is 2. The zero-order valence-electron chi connectivity index (χ0n) is 18.3. The van der Waals surface area contributed by atoms with Gasteiger partial charge in [-0.25, -0.2) is 14.2 Å². The average Bonchev–Trinajstić information content (AvgIpc) is 3.18. The number of carboxylic acids is 1. The maximum absolute atomic E-state index is 14.9. The highest BCUT2D eigenvalue weighted by Gasteiger charge is 2.32. The molecule has 1 aromatic carbocycles. The molecule has 1 aromatic heterocycles. The van der Waals surface area contributed by atoms with E-state index >= 15 is 0 Å². The number of hydrazone groups is 1. The molecule has 2 aromatic rings. The first-order valence-corrected chi connectivity index (χ1v) is 10.6. The molecule has 4 rings (SSSR count). The van der Waals surface area contributed by atoms with E-state index in [2.05, 4.69) is 15.4 Å². The lowest BCUT2D eigenvalue weighted by Crippen LogP contribution is -2.40. The minimum absolute atomic E-state index is 0.170. The van der Waals surface area contributed by atoms with Crippen LogP contribution in [0, 0.1) is 5.82 Å². The lowest BCUT2D eigenvalue weighted by molar-refractivity contribution is -0.138. The highest BCUT2D eigenvalue weighted by atomic mass is 19.1. The van der Waals surface area contributed by atoms with Crippen molar-refractivity contribution in [3.63, 3.8) is 0 Å². The zero-order valence-corrected chi connectivity index (χ0v) is 18.3. The van der Waals surface area contributed by atoms with Crippen LogP contribution in [-0.4, -0.2) is 78.2 Å². The molecule has 2 aliphatic heterocycles. The van der Waals surface area contributed by atoms with Crippen molar-refractivity contribution >= 4 is 35.8 Å². The first-order chi connectivity index (χ1) is 16.3. The molecule has 11 nitrogen and oxygen atoms in total. The largest absolute Gasteiger partial charge is 0.480 e. The van der Waals surface area contributed by atoms with Crippen molar-refractivity contribution in [2.24, 2.45) is 5.10 Å². The number of carbonyl (C=O) groups excluding carboxylic acids is 2. The molecule has 1 saturated heterocycles. The number of hydrogen-bond donors (Lipinski definition) is 2. The highest BCUT2D eigenvalue weighted by Crippen LogP contribution is 2.29. The second-order valence-corrected chi connectivity index (χ2v) is 7.83. The van der Waals surface area contributed by atoms with Gasteiger partial charge >= 0.3 is 12.1 Å². The number of carboxylic acid groups (broad SMARTS) is 1. The van der Waals surface area contributed by atoms with Gasteiger partial charge in [-0.3, -0.25) is 19.5 Å². The molecule has 0 bridgehead atoms. The van der Waals surface area contributed by atoms with Crippen LogP contribution in [0.25, 0.3) is 11.1 Å². The molecule has 178 valence electrons. The Morgan fingerprint density at radius 1 is 1.26 bits per heavy atom. The average molecular weight is 470 g/mol. The molecule has 1 fully saturated rings. The molecule has 0 saturated carbocycles. The Balaban J connectivity index is 1.43. The first kappa shape index (κ1) is 23.0. The number of aliphatic carboxylic acids is 1. The minimum Gasteiger partial charge on any atom is -0.480 e. The molecular weight excluding hydrogens is 447 g/mol. The molecule has 2 amide bonds. The van der Waals surface area contributed by atoms with Crippen LogP contribution in [0.4, 0.5) is 20.7 Å². The van der Waals surface area contributed by atoms with Gasteiger partial charge in [-0.05, 0) is 30.3 Å². The number of aromatic nitrogens is 1. The summed E-state index contributed by atoms with van der Waals surface area (Å²) >= 11 is 0. The molecule has 0 spiro atoms. The number of benzene rings is 1. The standard InChI is InChI=1S/C22H23FN6O5/c1-14(30)24-10-17-11-29(22(33)34-17)16-3-4-18(19(23)8-16)15-2-5-20(25-9-15)27-6-7-28(26-13-27)12-21(31)32/h2-5,8-9,13,17H,6-7,10-12H2,1H3,(H,24,30)(H,31,32). The van der Waals surface area contributed by atoms with Gasteiger partial charge in [0.2, 0.25) is 5.91 Å². The van der Waals surface area contributed by atoms with Crippen LogP contribution in [0.5, 0.6) is 0 Å². The number of halogens is 1. The van der Waals surface area contributed by atoms with Crippen LogP contribution in [0.1, 0.15) is 6.92 Å². The van der Waals surface area contributed by atoms with E-state index in [0.29, 0.717) is 35.7 Å². The molecular formula is C22H23FN6O5. The molecule has 1 atom stereocenters. The molecule has 2 aliphatic rings. The van der Waals surface area contributed by atoms with Crippen LogP contribution in [0.15, 0.2) is 41.6 Å². The van der Waals surface area contributed by atoms with Crippen LogP contribution in [0.3, 0.4) is 0 Å². The Hall–Kier alpha value is -4.22. The van der Waals surface area contributed by atoms with Gasteiger partial charge in [-0.2, -0.15) is 5.10 Å². The molecule has 3 heterocycles. The van der Waals surface area contributed by atoms with E-state index in [0.717, 1.165) is 0 Å². The fourth-order valence-corrected chi connectivity index (χ4v) is 3.64. The molecule has 2 N–H and O–H groups in total. The first-order valence-electron chi connectivity index (χ1n) is 10.6. The summed E-state index contributed by atoms with van der Waals surface area (Å²) < 4.78 is 20.1. The topological polar surface area (TPSA) is 128 Å². The molecule has 1 unspecified atom stereocenters. The van der Waals surface area contributed by atoms with E-state index in [-0.39, 0.29) is 25.5 Å². The summed E-state index contributed by atoms with van der Waals surface area (Å²) in [7, 11) is 0. The predicted octanol–water partition coefficient (Wildman–Crippen LogP) is 1.50. The predicted molar refractivity (Wildman–Crippen MR) is 121 cm³/mol. The van der Waals surface area contributed by atoms with E-state index in [1.54, 1.807) is 35.4 Å². The van der Waals surface area contributed by atoms with E-state index < -0.39 is 24.0 Å². The number of hydrogen-bond acceptors (Lipinski definition) is 8. The van der Waals surface area contributed by atoms with E-state index in [1.807, 2.05) is 0 Å².